The van der Waals surface area contributed by atoms with Crippen LogP contribution in [0.5, 0.6) is 0 Å². The van der Waals surface area contributed by atoms with Gasteiger partial charge in [0.05, 0.1) is 12.7 Å². The maximum atomic E-state index is 13.0. The lowest BCUT2D eigenvalue weighted by molar-refractivity contribution is -0.00232. The van der Waals surface area contributed by atoms with Gasteiger partial charge in [-0.1, -0.05) is 19.8 Å². The van der Waals surface area contributed by atoms with E-state index in [1.165, 1.54) is 25.3 Å². The van der Waals surface area contributed by atoms with Crippen molar-refractivity contribution in [3.8, 4) is 0 Å². The number of urea groups is 1. The average molecular weight is 312 g/mol. The number of ether oxygens (including phenoxy) is 1. The van der Waals surface area contributed by atoms with Crippen LogP contribution in [0.25, 0.3) is 0 Å². The molecule has 0 spiro atoms. The van der Waals surface area contributed by atoms with Gasteiger partial charge in [0.1, 0.15) is 0 Å². The molecule has 1 aromatic carbocycles. The molecule has 6 heteroatoms. The van der Waals surface area contributed by atoms with Gasteiger partial charge in [-0.25, -0.2) is 13.6 Å². The van der Waals surface area contributed by atoms with E-state index in [4.69, 9.17) is 4.74 Å². The quantitative estimate of drug-likeness (QED) is 0.815. The highest BCUT2D eigenvalue weighted by Crippen LogP contribution is 2.25. The minimum absolute atomic E-state index is 0.207. The number of benzene rings is 1. The van der Waals surface area contributed by atoms with E-state index in [1.54, 1.807) is 0 Å². The minimum Gasteiger partial charge on any atom is -0.376 e. The molecule has 2 rings (SSSR count). The molecule has 4 nitrogen and oxygen atoms in total. The van der Waals surface area contributed by atoms with Gasteiger partial charge in [0, 0.05) is 18.3 Å². The molecule has 1 fully saturated rings. The summed E-state index contributed by atoms with van der Waals surface area (Å²) in [6.45, 7) is 3.01. The summed E-state index contributed by atoms with van der Waals surface area (Å²) >= 11 is 0. The number of nitrogens with one attached hydrogen (secondary N) is 2. The van der Waals surface area contributed by atoms with Crippen LogP contribution in [0, 0.1) is 17.6 Å². The third-order valence-electron chi connectivity index (χ3n) is 3.93. The summed E-state index contributed by atoms with van der Waals surface area (Å²) in [5, 5.41) is 5.07. The molecule has 0 aliphatic heterocycles. The van der Waals surface area contributed by atoms with E-state index in [9.17, 15) is 13.6 Å². The Morgan fingerprint density at radius 1 is 1.27 bits per heavy atom. The average Bonchev–Trinajstić information content (AvgIpc) is 2.49. The summed E-state index contributed by atoms with van der Waals surface area (Å²) in [7, 11) is 0. The van der Waals surface area contributed by atoms with Crippen molar-refractivity contribution in [1.29, 1.82) is 0 Å². The van der Waals surface area contributed by atoms with E-state index < -0.39 is 17.7 Å². The first-order valence-corrected chi connectivity index (χ1v) is 7.68. The molecule has 2 amide bonds. The van der Waals surface area contributed by atoms with Gasteiger partial charge in [0.25, 0.3) is 0 Å². The number of anilines is 1. The Hall–Kier alpha value is -1.69. The minimum atomic E-state index is -0.993. The molecule has 0 aromatic heterocycles. The summed E-state index contributed by atoms with van der Waals surface area (Å²) in [5.41, 5.74) is 0.207. The molecule has 122 valence electrons. The highest BCUT2D eigenvalue weighted by Gasteiger charge is 2.21. The molecule has 2 N–H and O–H groups in total. The van der Waals surface area contributed by atoms with Gasteiger partial charge in [-0.3, -0.25) is 0 Å². The Balaban J connectivity index is 1.66. The summed E-state index contributed by atoms with van der Waals surface area (Å²) in [5.74, 6) is -1.38. The maximum Gasteiger partial charge on any atom is 0.319 e. The van der Waals surface area contributed by atoms with Crippen molar-refractivity contribution in [3.05, 3.63) is 29.8 Å². The maximum absolute atomic E-state index is 13.0. The zero-order valence-corrected chi connectivity index (χ0v) is 12.7. The third-order valence-corrected chi connectivity index (χ3v) is 3.93. The molecule has 1 aliphatic rings. The molecule has 0 heterocycles. The predicted octanol–water partition coefficient (Wildman–Crippen LogP) is 3.68. The molecule has 2 atom stereocenters. The first-order chi connectivity index (χ1) is 10.6. The van der Waals surface area contributed by atoms with Crippen molar-refractivity contribution in [2.24, 2.45) is 5.92 Å². The van der Waals surface area contributed by atoms with Gasteiger partial charge >= 0.3 is 6.03 Å². The van der Waals surface area contributed by atoms with Gasteiger partial charge in [0.15, 0.2) is 11.6 Å². The van der Waals surface area contributed by atoms with Gasteiger partial charge < -0.3 is 15.4 Å². The van der Waals surface area contributed by atoms with Crippen LogP contribution in [-0.4, -0.2) is 25.3 Å². The number of hydrogen-bond donors (Lipinski definition) is 2. The molecule has 0 bridgehead atoms. The van der Waals surface area contributed by atoms with E-state index >= 15 is 0 Å². The largest absolute Gasteiger partial charge is 0.376 e. The van der Waals surface area contributed by atoms with Gasteiger partial charge in [0.2, 0.25) is 0 Å². The molecular weight excluding hydrogens is 290 g/mol. The van der Waals surface area contributed by atoms with Crippen molar-refractivity contribution in [2.45, 2.75) is 38.7 Å². The highest BCUT2D eigenvalue weighted by molar-refractivity contribution is 5.89. The van der Waals surface area contributed by atoms with Gasteiger partial charge in [-0.2, -0.15) is 0 Å². The van der Waals surface area contributed by atoms with Crippen molar-refractivity contribution in [1.82, 2.24) is 5.32 Å². The number of halogens is 2. The Morgan fingerprint density at radius 3 is 2.77 bits per heavy atom. The smallest absolute Gasteiger partial charge is 0.319 e. The summed E-state index contributed by atoms with van der Waals surface area (Å²) in [4.78, 5) is 11.6. The topological polar surface area (TPSA) is 50.4 Å². The first kappa shape index (κ1) is 16.7. The monoisotopic (exact) mass is 312 g/mol. The fourth-order valence-electron chi connectivity index (χ4n) is 2.65. The van der Waals surface area contributed by atoms with Crippen molar-refractivity contribution >= 4 is 11.7 Å². The van der Waals surface area contributed by atoms with Crippen LogP contribution in [0.2, 0.25) is 0 Å². The van der Waals surface area contributed by atoms with E-state index in [-0.39, 0.29) is 11.8 Å². The van der Waals surface area contributed by atoms with Gasteiger partial charge in [-0.05, 0) is 30.9 Å². The lowest BCUT2D eigenvalue weighted by Crippen LogP contribution is -2.34. The molecule has 0 unspecified atom stereocenters. The van der Waals surface area contributed by atoms with Crippen molar-refractivity contribution < 1.29 is 18.3 Å². The molecule has 0 radical (unpaired) electrons. The fraction of sp³-hybridized carbons (Fsp3) is 0.562. The first-order valence-electron chi connectivity index (χ1n) is 7.68. The zero-order valence-electron chi connectivity index (χ0n) is 12.7. The van der Waals surface area contributed by atoms with Crippen LogP contribution in [0.3, 0.4) is 0 Å². The second-order valence-electron chi connectivity index (χ2n) is 5.68. The van der Waals surface area contributed by atoms with E-state index in [0.717, 1.165) is 18.6 Å². The normalized spacial score (nSPS) is 21.4. The Kier molecular flexibility index (Phi) is 6.12. The standard InChI is InChI=1S/C16H22F2N2O2/c1-11-4-2-3-5-15(11)22-9-8-19-16(21)20-12-6-7-13(17)14(18)10-12/h6-7,10-11,15H,2-5,8-9H2,1H3,(H2,19,20,21)/t11-,15-/m0/s1. The van der Waals surface area contributed by atoms with Crippen LogP contribution >= 0.6 is 0 Å². The highest BCUT2D eigenvalue weighted by atomic mass is 19.2. The van der Waals surface area contributed by atoms with Crippen LogP contribution in [-0.2, 0) is 4.74 Å². The molecule has 0 saturated heterocycles. The molecule has 22 heavy (non-hydrogen) atoms. The van der Waals surface area contributed by atoms with Crippen LogP contribution < -0.4 is 10.6 Å². The summed E-state index contributed by atoms with van der Waals surface area (Å²) in [6.07, 6.45) is 4.98. The van der Waals surface area contributed by atoms with E-state index in [2.05, 4.69) is 17.6 Å². The SMILES string of the molecule is C[C@H]1CCCC[C@@H]1OCCNC(=O)Nc1ccc(F)c(F)c1. The zero-order chi connectivity index (χ0) is 15.9. The lowest BCUT2D eigenvalue weighted by atomic mass is 9.88. The van der Waals surface area contributed by atoms with Crippen molar-refractivity contribution in [3.63, 3.8) is 0 Å². The van der Waals surface area contributed by atoms with E-state index in [0.29, 0.717) is 19.1 Å². The summed E-state index contributed by atoms with van der Waals surface area (Å²) < 4.78 is 31.6. The van der Waals surface area contributed by atoms with E-state index in [1.807, 2.05) is 0 Å². The lowest BCUT2D eigenvalue weighted by Gasteiger charge is -2.28. The number of amides is 2. The summed E-state index contributed by atoms with van der Waals surface area (Å²) in [6, 6.07) is 2.75. The van der Waals surface area contributed by atoms with Gasteiger partial charge in [-0.15, -0.1) is 0 Å². The Labute approximate surface area is 129 Å². The third kappa shape index (κ3) is 4.94. The van der Waals surface area contributed by atoms with Crippen molar-refractivity contribution in [2.75, 3.05) is 18.5 Å². The second kappa shape index (κ2) is 8.08. The number of rotatable bonds is 5. The number of hydrogen-bond acceptors (Lipinski definition) is 2. The predicted molar refractivity (Wildman–Crippen MR) is 80.8 cm³/mol. The van der Waals surface area contributed by atoms with Crippen LogP contribution in [0.15, 0.2) is 18.2 Å². The fourth-order valence-corrected chi connectivity index (χ4v) is 2.65. The van der Waals surface area contributed by atoms with Crippen LogP contribution in [0.1, 0.15) is 32.6 Å². The second-order valence-corrected chi connectivity index (χ2v) is 5.68. The number of carbonyl (C=O) groups is 1. The molecule has 1 saturated carbocycles. The Morgan fingerprint density at radius 2 is 2.05 bits per heavy atom. The Bertz CT molecular complexity index is 511. The molecule has 1 aliphatic carbocycles. The number of carbonyl (C=O) groups excluding carboxylic acids is 1. The molecular formula is C16H22F2N2O2. The molecule has 1 aromatic rings. The van der Waals surface area contributed by atoms with Crippen LogP contribution in [0.4, 0.5) is 19.3 Å².